The molecular weight excluding hydrogens is 333 g/mol. The van der Waals surface area contributed by atoms with Gasteiger partial charge in [-0.3, -0.25) is 14.1 Å². The van der Waals surface area contributed by atoms with E-state index >= 15 is 0 Å². The molecule has 25 heavy (non-hydrogen) atoms. The maximum absolute atomic E-state index is 13.2. The standard InChI is InChI=1S/C20H20NO3P/c22-25(21-20-14-8-3-9-15-20,23-16-18-10-4-1-5-11-18)24-17-19-12-6-2-7-13-19/h1-15H,16-17H2,(H,21,22). The summed E-state index contributed by atoms with van der Waals surface area (Å²) < 4.78 is 24.5. The van der Waals surface area contributed by atoms with Crippen LogP contribution in [0.2, 0.25) is 0 Å². The highest BCUT2D eigenvalue weighted by atomic mass is 31.2. The van der Waals surface area contributed by atoms with Gasteiger partial charge in [-0.1, -0.05) is 78.9 Å². The molecule has 0 aliphatic carbocycles. The summed E-state index contributed by atoms with van der Waals surface area (Å²) in [7, 11) is -3.52. The van der Waals surface area contributed by atoms with Crippen molar-refractivity contribution in [2.75, 3.05) is 5.09 Å². The van der Waals surface area contributed by atoms with Gasteiger partial charge >= 0.3 is 7.75 Å². The van der Waals surface area contributed by atoms with Crippen molar-refractivity contribution in [3.63, 3.8) is 0 Å². The Morgan fingerprint density at radius 2 is 1.04 bits per heavy atom. The van der Waals surface area contributed by atoms with Crippen LogP contribution in [0.25, 0.3) is 0 Å². The Hall–Kier alpha value is -2.39. The third-order valence-corrected chi connectivity index (χ3v) is 5.00. The van der Waals surface area contributed by atoms with Crippen molar-refractivity contribution >= 4 is 13.4 Å². The van der Waals surface area contributed by atoms with Crippen molar-refractivity contribution in [3.8, 4) is 0 Å². The highest BCUT2D eigenvalue weighted by molar-refractivity contribution is 7.55. The summed E-state index contributed by atoms with van der Waals surface area (Å²) in [6, 6.07) is 28.5. The van der Waals surface area contributed by atoms with Gasteiger partial charge in [-0.15, -0.1) is 0 Å². The van der Waals surface area contributed by atoms with Crippen LogP contribution in [-0.4, -0.2) is 0 Å². The zero-order chi connectivity index (χ0) is 17.4. The second kappa shape index (κ2) is 8.63. The Morgan fingerprint density at radius 1 is 0.640 bits per heavy atom. The van der Waals surface area contributed by atoms with E-state index < -0.39 is 7.75 Å². The first-order valence-electron chi connectivity index (χ1n) is 8.04. The van der Waals surface area contributed by atoms with Crippen LogP contribution < -0.4 is 5.09 Å². The second-order valence-electron chi connectivity index (χ2n) is 5.49. The van der Waals surface area contributed by atoms with E-state index in [0.29, 0.717) is 5.69 Å². The largest absolute Gasteiger partial charge is 0.433 e. The zero-order valence-corrected chi connectivity index (χ0v) is 14.6. The predicted octanol–water partition coefficient (Wildman–Crippen LogP) is 5.64. The van der Waals surface area contributed by atoms with E-state index in [1.54, 1.807) is 0 Å². The summed E-state index contributed by atoms with van der Waals surface area (Å²) in [6.45, 7) is 0.402. The van der Waals surface area contributed by atoms with Crippen LogP contribution in [0.5, 0.6) is 0 Å². The summed E-state index contributed by atoms with van der Waals surface area (Å²) >= 11 is 0. The number of benzene rings is 3. The van der Waals surface area contributed by atoms with Gasteiger partial charge in [-0.2, -0.15) is 0 Å². The first-order valence-corrected chi connectivity index (χ1v) is 9.58. The monoisotopic (exact) mass is 353 g/mol. The van der Waals surface area contributed by atoms with Crippen molar-refractivity contribution in [1.82, 2.24) is 0 Å². The van der Waals surface area contributed by atoms with E-state index in [-0.39, 0.29) is 13.2 Å². The predicted molar refractivity (Wildman–Crippen MR) is 100 cm³/mol. The quantitative estimate of drug-likeness (QED) is 0.532. The molecule has 0 amide bonds. The number of hydrogen-bond acceptors (Lipinski definition) is 3. The van der Waals surface area contributed by atoms with E-state index in [4.69, 9.17) is 9.05 Å². The molecule has 1 N–H and O–H groups in total. The highest BCUT2D eigenvalue weighted by Crippen LogP contribution is 2.49. The lowest BCUT2D eigenvalue weighted by molar-refractivity contribution is 0.195. The molecule has 0 atom stereocenters. The van der Waals surface area contributed by atoms with Crippen LogP contribution in [-0.2, 0) is 26.8 Å². The number of rotatable bonds is 8. The third-order valence-electron chi connectivity index (χ3n) is 3.53. The van der Waals surface area contributed by atoms with Gasteiger partial charge in [0.1, 0.15) is 0 Å². The minimum absolute atomic E-state index is 0.201. The smallest absolute Gasteiger partial charge is 0.293 e. The lowest BCUT2D eigenvalue weighted by Gasteiger charge is -2.20. The van der Waals surface area contributed by atoms with Gasteiger partial charge in [-0.25, -0.2) is 4.57 Å². The molecule has 4 nitrogen and oxygen atoms in total. The summed E-state index contributed by atoms with van der Waals surface area (Å²) in [5.41, 5.74) is 2.55. The Bertz CT molecular complexity index is 763. The maximum Gasteiger partial charge on any atom is 0.433 e. The molecule has 3 rings (SSSR count). The van der Waals surface area contributed by atoms with Gasteiger partial charge in [0, 0.05) is 5.69 Å². The molecule has 128 valence electrons. The van der Waals surface area contributed by atoms with Crippen LogP contribution in [0.4, 0.5) is 5.69 Å². The van der Waals surface area contributed by atoms with Crippen LogP contribution in [0.1, 0.15) is 11.1 Å². The third kappa shape index (κ3) is 5.57. The van der Waals surface area contributed by atoms with Crippen molar-refractivity contribution < 1.29 is 13.6 Å². The Labute approximate surface area is 148 Å². The molecule has 0 fully saturated rings. The maximum atomic E-state index is 13.2. The lowest BCUT2D eigenvalue weighted by atomic mass is 10.2. The molecule has 0 spiro atoms. The Balaban J connectivity index is 1.71. The number of hydrogen-bond donors (Lipinski definition) is 1. The molecule has 0 saturated carbocycles. The minimum atomic E-state index is -3.52. The molecule has 0 aromatic heterocycles. The molecule has 3 aromatic carbocycles. The molecule has 0 aliphatic rings. The zero-order valence-electron chi connectivity index (χ0n) is 13.7. The van der Waals surface area contributed by atoms with Crippen LogP contribution >= 0.6 is 7.75 Å². The van der Waals surface area contributed by atoms with Crippen molar-refractivity contribution in [2.45, 2.75) is 13.2 Å². The average Bonchev–Trinajstić information content (AvgIpc) is 2.68. The van der Waals surface area contributed by atoms with E-state index in [1.165, 1.54) is 0 Å². The van der Waals surface area contributed by atoms with Gasteiger partial charge in [0.2, 0.25) is 0 Å². The van der Waals surface area contributed by atoms with E-state index in [0.717, 1.165) is 11.1 Å². The van der Waals surface area contributed by atoms with Crippen molar-refractivity contribution in [2.24, 2.45) is 0 Å². The fraction of sp³-hybridized carbons (Fsp3) is 0.100. The van der Waals surface area contributed by atoms with Crippen LogP contribution in [0.3, 0.4) is 0 Å². The summed E-state index contributed by atoms with van der Waals surface area (Å²) in [6.07, 6.45) is 0. The number of nitrogens with one attached hydrogen (secondary N) is 1. The second-order valence-corrected chi connectivity index (χ2v) is 7.23. The molecule has 0 unspecified atom stereocenters. The SMILES string of the molecule is O=P(Nc1ccccc1)(OCc1ccccc1)OCc1ccccc1. The minimum Gasteiger partial charge on any atom is -0.293 e. The molecule has 0 heterocycles. The normalized spacial score (nSPS) is 11.2. The molecule has 0 saturated heterocycles. The van der Waals surface area contributed by atoms with Gasteiger partial charge in [-0.05, 0) is 23.3 Å². The van der Waals surface area contributed by atoms with Gasteiger partial charge in [0.05, 0.1) is 13.2 Å². The summed E-state index contributed by atoms with van der Waals surface area (Å²) in [4.78, 5) is 0. The fourth-order valence-corrected chi connectivity index (χ4v) is 3.55. The highest BCUT2D eigenvalue weighted by Gasteiger charge is 2.25. The number of anilines is 1. The lowest BCUT2D eigenvalue weighted by Crippen LogP contribution is -2.05. The topological polar surface area (TPSA) is 47.6 Å². The van der Waals surface area contributed by atoms with Gasteiger partial charge in [0.15, 0.2) is 0 Å². The first kappa shape index (κ1) is 17.4. The Morgan fingerprint density at radius 3 is 1.48 bits per heavy atom. The average molecular weight is 353 g/mol. The molecular formula is C20H20NO3P. The Kier molecular flexibility index (Phi) is 6.02. The van der Waals surface area contributed by atoms with Crippen molar-refractivity contribution in [1.29, 1.82) is 0 Å². The van der Waals surface area contributed by atoms with Gasteiger partial charge in [0.25, 0.3) is 0 Å². The van der Waals surface area contributed by atoms with Gasteiger partial charge < -0.3 is 0 Å². The summed E-state index contributed by atoms with van der Waals surface area (Å²) in [5.74, 6) is 0. The van der Waals surface area contributed by atoms with E-state index in [1.807, 2.05) is 91.0 Å². The molecule has 0 aliphatic heterocycles. The molecule has 0 bridgehead atoms. The first-order chi connectivity index (χ1) is 12.2. The molecule has 5 heteroatoms. The van der Waals surface area contributed by atoms with Crippen molar-refractivity contribution in [3.05, 3.63) is 102 Å². The van der Waals surface area contributed by atoms with Crippen LogP contribution in [0.15, 0.2) is 91.0 Å². The van der Waals surface area contributed by atoms with E-state index in [2.05, 4.69) is 5.09 Å². The number of para-hydroxylation sites is 1. The summed E-state index contributed by atoms with van der Waals surface area (Å²) in [5, 5.41) is 2.91. The fourth-order valence-electron chi connectivity index (χ4n) is 2.24. The molecule has 0 radical (unpaired) electrons. The van der Waals surface area contributed by atoms with Crippen LogP contribution in [0, 0.1) is 0 Å². The molecule has 3 aromatic rings. The van der Waals surface area contributed by atoms with E-state index in [9.17, 15) is 4.57 Å².